The number of aromatic nitrogens is 2. The number of nitrogens with zero attached hydrogens (tertiary/aromatic N) is 3. The van der Waals surface area contributed by atoms with E-state index in [0.29, 0.717) is 6.04 Å². The van der Waals surface area contributed by atoms with Crippen LogP contribution in [0.1, 0.15) is 61.2 Å². The molecule has 0 saturated heterocycles. The van der Waals surface area contributed by atoms with Gasteiger partial charge in [0.1, 0.15) is 5.76 Å². The summed E-state index contributed by atoms with van der Waals surface area (Å²) in [5.41, 5.74) is 3.77. The van der Waals surface area contributed by atoms with E-state index in [1.54, 1.807) is 6.26 Å². The van der Waals surface area contributed by atoms with Crippen molar-refractivity contribution in [2.45, 2.75) is 71.3 Å². The molecule has 0 unspecified atom stereocenters. The van der Waals surface area contributed by atoms with Crippen molar-refractivity contribution >= 4 is 5.96 Å². The van der Waals surface area contributed by atoms with Crippen LogP contribution in [0.25, 0.3) is 0 Å². The molecule has 0 radical (unpaired) electrons. The lowest BCUT2D eigenvalue weighted by Gasteiger charge is -2.25. The van der Waals surface area contributed by atoms with Gasteiger partial charge in [-0.3, -0.25) is 9.67 Å². The van der Waals surface area contributed by atoms with Crippen molar-refractivity contribution in [3.63, 3.8) is 0 Å². The SMILES string of the molecule is Cc1nn(C)c(C)c1CCCN=C(NCCc1ccco1)NC1CCCCC1. The molecule has 2 N–H and O–H groups in total. The number of guanidine groups is 1. The quantitative estimate of drug-likeness (QED) is 0.413. The minimum atomic E-state index is 0.548. The molecule has 6 heteroatoms. The summed E-state index contributed by atoms with van der Waals surface area (Å²) in [7, 11) is 2.01. The lowest BCUT2D eigenvalue weighted by atomic mass is 9.96. The summed E-state index contributed by atoms with van der Waals surface area (Å²) in [5, 5.41) is 11.7. The van der Waals surface area contributed by atoms with E-state index in [1.807, 2.05) is 23.9 Å². The molecule has 0 bridgehead atoms. The Labute approximate surface area is 168 Å². The first-order valence-corrected chi connectivity index (χ1v) is 10.7. The van der Waals surface area contributed by atoms with Crippen LogP contribution in [-0.2, 0) is 19.9 Å². The van der Waals surface area contributed by atoms with E-state index in [1.165, 1.54) is 43.4 Å². The number of nitrogens with one attached hydrogen (secondary N) is 2. The van der Waals surface area contributed by atoms with Gasteiger partial charge in [-0.1, -0.05) is 19.3 Å². The zero-order valence-electron chi connectivity index (χ0n) is 17.6. The van der Waals surface area contributed by atoms with Crippen LogP contribution in [0.4, 0.5) is 0 Å². The first kappa shape index (κ1) is 20.5. The van der Waals surface area contributed by atoms with Crippen LogP contribution in [0.15, 0.2) is 27.8 Å². The van der Waals surface area contributed by atoms with E-state index < -0.39 is 0 Å². The Balaban J connectivity index is 1.51. The molecule has 1 saturated carbocycles. The minimum Gasteiger partial charge on any atom is -0.469 e. The van der Waals surface area contributed by atoms with E-state index in [4.69, 9.17) is 9.41 Å². The Bertz CT molecular complexity index is 741. The molecule has 2 aromatic heterocycles. The average Bonchev–Trinajstić information content (AvgIpc) is 3.29. The number of aryl methyl sites for hydroxylation is 2. The highest BCUT2D eigenvalue weighted by atomic mass is 16.3. The van der Waals surface area contributed by atoms with Crippen molar-refractivity contribution in [1.82, 2.24) is 20.4 Å². The van der Waals surface area contributed by atoms with Gasteiger partial charge in [-0.2, -0.15) is 5.10 Å². The Morgan fingerprint density at radius 2 is 2.07 bits per heavy atom. The second kappa shape index (κ2) is 10.3. The van der Waals surface area contributed by atoms with Gasteiger partial charge in [-0.15, -0.1) is 0 Å². The zero-order chi connectivity index (χ0) is 19.8. The van der Waals surface area contributed by atoms with Crippen LogP contribution in [0.3, 0.4) is 0 Å². The molecular weight excluding hydrogens is 350 g/mol. The third kappa shape index (κ3) is 5.88. The topological polar surface area (TPSA) is 67.4 Å². The van der Waals surface area contributed by atoms with Gasteiger partial charge in [0.2, 0.25) is 0 Å². The summed E-state index contributed by atoms with van der Waals surface area (Å²) < 4.78 is 7.40. The fourth-order valence-corrected chi connectivity index (χ4v) is 3.98. The van der Waals surface area contributed by atoms with Gasteiger partial charge >= 0.3 is 0 Å². The summed E-state index contributed by atoms with van der Waals surface area (Å²) in [4.78, 5) is 4.85. The number of hydrogen-bond acceptors (Lipinski definition) is 3. The molecule has 1 fully saturated rings. The smallest absolute Gasteiger partial charge is 0.191 e. The van der Waals surface area contributed by atoms with Gasteiger partial charge in [0.15, 0.2) is 5.96 Å². The Morgan fingerprint density at radius 1 is 1.25 bits per heavy atom. The molecule has 3 rings (SSSR count). The van der Waals surface area contributed by atoms with Crippen molar-refractivity contribution in [3.8, 4) is 0 Å². The molecule has 28 heavy (non-hydrogen) atoms. The Hall–Kier alpha value is -2.24. The highest BCUT2D eigenvalue weighted by Gasteiger charge is 2.15. The number of hydrogen-bond donors (Lipinski definition) is 2. The van der Waals surface area contributed by atoms with Crippen LogP contribution in [0.2, 0.25) is 0 Å². The zero-order valence-corrected chi connectivity index (χ0v) is 17.6. The molecule has 2 aromatic rings. The van der Waals surface area contributed by atoms with E-state index in [9.17, 15) is 0 Å². The average molecular weight is 386 g/mol. The Morgan fingerprint density at radius 3 is 2.75 bits per heavy atom. The van der Waals surface area contributed by atoms with E-state index in [2.05, 4.69) is 29.6 Å². The van der Waals surface area contributed by atoms with Gasteiger partial charge < -0.3 is 15.1 Å². The van der Waals surface area contributed by atoms with Crippen LogP contribution < -0.4 is 10.6 Å². The first-order valence-electron chi connectivity index (χ1n) is 10.7. The molecule has 0 spiro atoms. The van der Waals surface area contributed by atoms with E-state index >= 15 is 0 Å². The van der Waals surface area contributed by atoms with Crippen molar-refractivity contribution < 1.29 is 4.42 Å². The lowest BCUT2D eigenvalue weighted by molar-refractivity contribution is 0.409. The number of aliphatic imine (C=N–C) groups is 1. The summed E-state index contributed by atoms with van der Waals surface area (Å²) >= 11 is 0. The third-order valence-electron chi connectivity index (χ3n) is 5.70. The van der Waals surface area contributed by atoms with Gasteiger partial charge in [0.25, 0.3) is 0 Å². The van der Waals surface area contributed by atoms with Crippen molar-refractivity contribution in [3.05, 3.63) is 41.1 Å². The maximum Gasteiger partial charge on any atom is 0.191 e. The molecule has 154 valence electrons. The van der Waals surface area contributed by atoms with Crippen molar-refractivity contribution in [2.75, 3.05) is 13.1 Å². The lowest BCUT2D eigenvalue weighted by Crippen LogP contribution is -2.45. The van der Waals surface area contributed by atoms with Crippen LogP contribution in [0.5, 0.6) is 0 Å². The molecule has 2 heterocycles. The monoisotopic (exact) mass is 385 g/mol. The van der Waals surface area contributed by atoms with Crippen molar-refractivity contribution in [1.29, 1.82) is 0 Å². The largest absolute Gasteiger partial charge is 0.469 e. The number of rotatable bonds is 8. The van der Waals surface area contributed by atoms with Gasteiger partial charge in [-0.25, -0.2) is 0 Å². The summed E-state index contributed by atoms with van der Waals surface area (Å²) in [6, 6.07) is 4.50. The predicted molar refractivity (Wildman–Crippen MR) is 114 cm³/mol. The second-order valence-corrected chi connectivity index (χ2v) is 7.84. The first-order chi connectivity index (χ1) is 13.6. The van der Waals surface area contributed by atoms with Crippen LogP contribution in [-0.4, -0.2) is 34.9 Å². The third-order valence-corrected chi connectivity index (χ3v) is 5.70. The maximum atomic E-state index is 5.43. The van der Waals surface area contributed by atoms with Gasteiger partial charge in [-0.05, 0) is 57.2 Å². The summed E-state index contributed by atoms with van der Waals surface area (Å²) in [5.74, 6) is 1.95. The van der Waals surface area contributed by atoms with Crippen LogP contribution in [0, 0.1) is 13.8 Å². The highest BCUT2D eigenvalue weighted by molar-refractivity contribution is 5.80. The normalized spacial score (nSPS) is 15.8. The van der Waals surface area contributed by atoms with Crippen molar-refractivity contribution in [2.24, 2.45) is 12.0 Å². The fourth-order valence-electron chi connectivity index (χ4n) is 3.98. The maximum absolute atomic E-state index is 5.43. The van der Waals surface area contributed by atoms with E-state index in [-0.39, 0.29) is 0 Å². The minimum absolute atomic E-state index is 0.548. The van der Waals surface area contributed by atoms with Gasteiger partial charge in [0.05, 0.1) is 12.0 Å². The van der Waals surface area contributed by atoms with Crippen LogP contribution >= 0.6 is 0 Å². The summed E-state index contributed by atoms with van der Waals surface area (Å²) in [6.07, 6.45) is 11.1. The molecule has 6 nitrogen and oxygen atoms in total. The molecule has 1 aliphatic carbocycles. The Kier molecular flexibility index (Phi) is 7.57. The molecule has 0 amide bonds. The predicted octanol–water partition coefficient (Wildman–Crippen LogP) is 3.67. The number of furan rings is 1. The fraction of sp³-hybridized carbons (Fsp3) is 0.636. The van der Waals surface area contributed by atoms with E-state index in [0.717, 1.165) is 49.8 Å². The highest BCUT2D eigenvalue weighted by Crippen LogP contribution is 2.17. The molecule has 1 aliphatic rings. The second-order valence-electron chi connectivity index (χ2n) is 7.84. The molecule has 0 atom stereocenters. The molecule has 0 aliphatic heterocycles. The van der Waals surface area contributed by atoms with Gasteiger partial charge in [0, 0.05) is 38.3 Å². The molecule has 0 aromatic carbocycles. The molecular formula is C22H35N5O. The standard InChI is InChI=1S/C22H35N5O/c1-17-21(18(2)27(3)26-17)12-7-14-23-22(25-19-9-5-4-6-10-19)24-15-13-20-11-8-16-28-20/h8,11,16,19H,4-7,9-10,12-15H2,1-3H3,(H2,23,24,25). The summed E-state index contributed by atoms with van der Waals surface area (Å²) in [6.45, 7) is 5.88.